The van der Waals surface area contributed by atoms with Gasteiger partial charge < -0.3 is 10.1 Å². The molecule has 1 aromatic carbocycles. The van der Waals surface area contributed by atoms with E-state index in [2.05, 4.69) is 33.0 Å². The van der Waals surface area contributed by atoms with Gasteiger partial charge in [-0.15, -0.1) is 0 Å². The van der Waals surface area contributed by atoms with Crippen molar-refractivity contribution in [2.45, 2.75) is 52.7 Å². The van der Waals surface area contributed by atoms with E-state index >= 15 is 0 Å². The minimum absolute atomic E-state index is 0.225. The molecule has 1 rings (SSSR count). The van der Waals surface area contributed by atoms with E-state index in [1.54, 1.807) is 0 Å². The van der Waals surface area contributed by atoms with Gasteiger partial charge in [0.15, 0.2) is 0 Å². The Morgan fingerprint density at radius 3 is 2.56 bits per heavy atom. The van der Waals surface area contributed by atoms with Crippen LogP contribution in [-0.4, -0.2) is 12.6 Å². The number of hydrogen-bond donors (Lipinski definition) is 1. The van der Waals surface area contributed by atoms with Crippen molar-refractivity contribution in [1.82, 2.24) is 5.32 Å². The Hall–Kier alpha value is -0.730. The number of nitrogens with one attached hydrogen (secondary N) is 1. The smallest absolute Gasteiger partial charge is 0.121 e. The van der Waals surface area contributed by atoms with E-state index in [1.165, 1.54) is 0 Å². The Bertz CT molecular complexity index is 368. The largest absolute Gasteiger partial charge is 0.491 e. The van der Waals surface area contributed by atoms with Crippen LogP contribution in [0.1, 0.15) is 52.1 Å². The lowest BCUT2D eigenvalue weighted by molar-refractivity contribution is 0.217. The molecule has 0 aliphatic carbocycles. The molecular formula is C15H24ClNO. The van der Waals surface area contributed by atoms with Gasteiger partial charge in [0.1, 0.15) is 5.75 Å². The SMILES string of the molecule is CCCNC(C)c1ccc(OC(C)CC)cc1Cl. The van der Waals surface area contributed by atoms with Gasteiger partial charge in [-0.25, -0.2) is 0 Å². The van der Waals surface area contributed by atoms with Gasteiger partial charge in [0.2, 0.25) is 0 Å². The molecule has 0 aliphatic rings. The van der Waals surface area contributed by atoms with Crippen molar-refractivity contribution in [2.75, 3.05) is 6.54 Å². The molecule has 0 spiro atoms. The zero-order chi connectivity index (χ0) is 13.5. The lowest BCUT2D eigenvalue weighted by Crippen LogP contribution is -2.19. The summed E-state index contributed by atoms with van der Waals surface area (Å²) in [4.78, 5) is 0. The van der Waals surface area contributed by atoms with E-state index in [9.17, 15) is 0 Å². The third-order valence-corrected chi connectivity index (χ3v) is 3.38. The Morgan fingerprint density at radius 1 is 1.28 bits per heavy atom. The molecule has 2 atom stereocenters. The number of ether oxygens (including phenoxy) is 1. The second kappa shape index (κ2) is 7.65. The van der Waals surface area contributed by atoms with Crippen LogP contribution in [0.25, 0.3) is 0 Å². The predicted octanol–water partition coefficient (Wildman–Crippen LogP) is 4.58. The van der Waals surface area contributed by atoms with Gasteiger partial charge >= 0.3 is 0 Å². The minimum Gasteiger partial charge on any atom is -0.491 e. The molecule has 0 aromatic heterocycles. The normalized spacial score (nSPS) is 14.3. The summed E-state index contributed by atoms with van der Waals surface area (Å²) in [5.74, 6) is 0.848. The Kier molecular flexibility index (Phi) is 6.51. The summed E-state index contributed by atoms with van der Waals surface area (Å²) in [5, 5.41) is 4.21. The van der Waals surface area contributed by atoms with Crippen molar-refractivity contribution in [1.29, 1.82) is 0 Å². The fourth-order valence-electron chi connectivity index (χ4n) is 1.72. The van der Waals surface area contributed by atoms with Crippen molar-refractivity contribution in [3.8, 4) is 5.75 Å². The van der Waals surface area contributed by atoms with Gasteiger partial charge in [-0.1, -0.05) is 31.5 Å². The molecule has 0 saturated heterocycles. The van der Waals surface area contributed by atoms with E-state index in [0.717, 1.165) is 35.7 Å². The number of halogens is 1. The summed E-state index contributed by atoms with van der Waals surface area (Å²) in [5.41, 5.74) is 1.13. The van der Waals surface area contributed by atoms with Crippen molar-refractivity contribution >= 4 is 11.6 Å². The van der Waals surface area contributed by atoms with Crippen LogP contribution in [0, 0.1) is 0 Å². The van der Waals surface area contributed by atoms with Crippen LogP contribution in [0.5, 0.6) is 5.75 Å². The quantitative estimate of drug-likeness (QED) is 0.782. The molecule has 1 N–H and O–H groups in total. The fourth-order valence-corrected chi connectivity index (χ4v) is 2.05. The number of rotatable bonds is 7. The van der Waals surface area contributed by atoms with Gasteiger partial charge in [-0.3, -0.25) is 0 Å². The minimum atomic E-state index is 0.225. The highest BCUT2D eigenvalue weighted by molar-refractivity contribution is 6.31. The van der Waals surface area contributed by atoms with Gasteiger partial charge in [-0.05, 0) is 50.9 Å². The van der Waals surface area contributed by atoms with Crippen LogP contribution < -0.4 is 10.1 Å². The van der Waals surface area contributed by atoms with Crippen LogP contribution in [0.2, 0.25) is 5.02 Å². The third-order valence-electron chi connectivity index (χ3n) is 3.05. The zero-order valence-corrected chi connectivity index (χ0v) is 12.6. The zero-order valence-electron chi connectivity index (χ0n) is 11.8. The van der Waals surface area contributed by atoms with Gasteiger partial charge in [-0.2, -0.15) is 0 Å². The van der Waals surface area contributed by atoms with Gasteiger partial charge in [0, 0.05) is 11.1 Å². The number of hydrogen-bond acceptors (Lipinski definition) is 2. The van der Waals surface area contributed by atoms with Crippen LogP contribution in [0.4, 0.5) is 0 Å². The Labute approximate surface area is 116 Å². The van der Waals surface area contributed by atoms with Gasteiger partial charge in [0.05, 0.1) is 6.10 Å². The first-order chi connectivity index (χ1) is 8.58. The van der Waals surface area contributed by atoms with E-state index in [0.29, 0.717) is 0 Å². The van der Waals surface area contributed by atoms with Crippen molar-refractivity contribution in [3.63, 3.8) is 0 Å². The Morgan fingerprint density at radius 2 is 2.00 bits per heavy atom. The lowest BCUT2D eigenvalue weighted by atomic mass is 10.1. The molecule has 102 valence electrons. The van der Waals surface area contributed by atoms with E-state index in [4.69, 9.17) is 16.3 Å². The molecule has 0 fully saturated rings. The summed E-state index contributed by atoms with van der Waals surface area (Å²) in [6, 6.07) is 6.23. The highest BCUT2D eigenvalue weighted by Crippen LogP contribution is 2.28. The molecular weight excluding hydrogens is 246 g/mol. The van der Waals surface area contributed by atoms with Crippen molar-refractivity contribution in [2.24, 2.45) is 0 Å². The maximum absolute atomic E-state index is 6.31. The first-order valence-corrected chi connectivity index (χ1v) is 7.15. The second-order valence-corrected chi connectivity index (χ2v) is 5.10. The average Bonchev–Trinajstić information content (AvgIpc) is 2.36. The third kappa shape index (κ3) is 4.51. The van der Waals surface area contributed by atoms with E-state index in [1.807, 2.05) is 18.2 Å². The predicted molar refractivity (Wildman–Crippen MR) is 78.5 cm³/mol. The average molecular weight is 270 g/mol. The Balaban J connectivity index is 2.72. The molecule has 0 saturated carbocycles. The monoisotopic (exact) mass is 269 g/mol. The van der Waals surface area contributed by atoms with Crippen molar-refractivity contribution < 1.29 is 4.74 Å². The van der Waals surface area contributed by atoms with Crippen LogP contribution >= 0.6 is 11.6 Å². The van der Waals surface area contributed by atoms with Crippen LogP contribution in [0.15, 0.2) is 18.2 Å². The molecule has 0 amide bonds. The van der Waals surface area contributed by atoms with E-state index in [-0.39, 0.29) is 12.1 Å². The molecule has 2 nitrogen and oxygen atoms in total. The molecule has 0 bridgehead atoms. The highest BCUT2D eigenvalue weighted by atomic mass is 35.5. The van der Waals surface area contributed by atoms with Crippen molar-refractivity contribution in [3.05, 3.63) is 28.8 Å². The lowest BCUT2D eigenvalue weighted by Gasteiger charge is -2.17. The first-order valence-electron chi connectivity index (χ1n) is 6.77. The van der Waals surface area contributed by atoms with E-state index < -0.39 is 0 Å². The summed E-state index contributed by atoms with van der Waals surface area (Å²) < 4.78 is 5.76. The fraction of sp³-hybridized carbons (Fsp3) is 0.600. The van der Waals surface area contributed by atoms with Gasteiger partial charge in [0.25, 0.3) is 0 Å². The first kappa shape index (κ1) is 15.3. The molecule has 0 aliphatic heterocycles. The number of benzene rings is 1. The standard InChI is InChI=1S/C15H24ClNO/c1-5-9-17-12(4)14-8-7-13(10-15(14)16)18-11(3)6-2/h7-8,10-12,17H,5-6,9H2,1-4H3. The van der Waals surface area contributed by atoms with Crippen LogP contribution in [-0.2, 0) is 0 Å². The second-order valence-electron chi connectivity index (χ2n) is 4.70. The summed E-state index contributed by atoms with van der Waals surface area (Å²) in [6.45, 7) is 9.46. The molecule has 18 heavy (non-hydrogen) atoms. The summed E-state index contributed by atoms with van der Waals surface area (Å²) >= 11 is 6.31. The van der Waals surface area contributed by atoms with Crippen LogP contribution in [0.3, 0.4) is 0 Å². The highest BCUT2D eigenvalue weighted by Gasteiger charge is 2.10. The topological polar surface area (TPSA) is 21.3 Å². The molecule has 1 aromatic rings. The summed E-state index contributed by atoms with van der Waals surface area (Å²) in [6.07, 6.45) is 2.34. The summed E-state index contributed by atoms with van der Waals surface area (Å²) in [7, 11) is 0. The molecule has 3 heteroatoms. The molecule has 2 unspecified atom stereocenters. The molecule has 0 radical (unpaired) electrons. The maximum Gasteiger partial charge on any atom is 0.121 e. The molecule has 0 heterocycles. The maximum atomic E-state index is 6.31.